The molecule has 0 unspecified atom stereocenters. The van der Waals surface area contributed by atoms with Crippen molar-refractivity contribution in [2.75, 3.05) is 13.1 Å². The molecule has 4 aromatic rings. The molecular weight excluding hydrogens is 434 g/mol. The van der Waals surface area contributed by atoms with E-state index in [0.717, 1.165) is 65.9 Å². The van der Waals surface area contributed by atoms with Gasteiger partial charge < -0.3 is 9.47 Å². The number of carbonyl (C=O) groups is 1. The van der Waals surface area contributed by atoms with E-state index in [1.54, 1.807) is 0 Å². The Morgan fingerprint density at radius 3 is 2.54 bits per heavy atom. The normalized spacial score (nSPS) is 14.7. The molecule has 1 aliphatic rings. The first-order chi connectivity index (χ1) is 16.9. The highest BCUT2D eigenvalue weighted by Crippen LogP contribution is 2.29. The lowest BCUT2D eigenvalue weighted by atomic mass is 9.92. The van der Waals surface area contributed by atoms with Crippen LogP contribution in [0.5, 0.6) is 0 Å². The van der Waals surface area contributed by atoms with Crippen LogP contribution in [0.4, 0.5) is 0 Å². The van der Waals surface area contributed by atoms with E-state index < -0.39 is 0 Å². The molecule has 0 spiro atoms. The highest BCUT2D eigenvalue weighted by Gasteiger charge is 2.26. The third-order valence-corrected chi connectivity index (χ3v) is 7.33. The molecule has 180 valence electrons. The molecular formula is C29H33N5O. The Morgan fingerprint density at radius 2 is 1.80 bits per heavy atom. The van der Waals surface area contributed by atoms with E-state index in [9.17, 15) is 4.79 Å². The van der Waals surface area contributed by atoms with Gasteiger partial charge in [-0.3, -0.25) is 4.79 Å². The second-order valence-electron chi connectivity index (χ2n) is 10.1. The minimum atomic E-state index is 0.0949. The zero-order valence-corrected chi connectivity index (χ0v) is 21.0. The van der Waals surface area contributed by atoms with Gasteiger partial charge in [-0.05, 0) is 75.8 Å². The summed E-state index contributed by atoms with van der Waals surface area (Å²) in [6, 6.07) is 16.7. The van der Waals surface area contributed by atoms with E-state index in [0.29, 0.717) is 12.0 Å². The Bertz CT molecular complexity index is 1360. The van der Waals surface area contributed by atoms with Gasteiger partial charge in [0.25, 0.3) is 5.91 Å². The number of benzene rings is 2. The van der Waals surface area contributed by atoms with Gasteiger partial charge in [-0.25, -0.2) is 4.98 Å². The summed E-state index contributed by atoms with van der Waals surface area (Å²) in [7, 11) is 0. The van der Waals surface area contributed by atoms with Crippen molar-refractivity contribution in [1.82, 2.24) is 24.6 Å². The zero-order valence-electron chi connectivity index (χ0n) is 21.0. The predicted molar refractivity (Wildman–Crippen MR) is 139 cm³/mol. The van der Waals surface area contributed by atoms with Crippen molar-refractivity contribution in [2.45, 2.75) is 53.0 Å². The fourth-order valence-corrected chi connectivity index (χ4v) is 5.01. The predicted octanol–water partition coefficient (Wildman–Crippen LogP) is 5.79. The Hall–Kier alpha value is -3.54. The van der Waals surface area contributed by atoms with Gasteiger partial charge >= 0.3 is 0 Å². The molecule has 35 heavy (non-hydrogen) atoms. The molecule has 1 aliphatic heterocycles. The minimum Gasteiger partial charge on any atom is -0.339 e. The van der Waals surface area contributed by atoms with Crippen LogP contribution >= 0.6 is 0 Å². The number of rotatable bonds is 5. The number of carbonyl (C=O) groups excluding carboxylic acids is 1. The van der Waals surface area contributed by atoms with E-state index >= 15 is 0 Å². The molecule has 5 rings (SSSR count). The maximum absolute atomic E-state index is 13.8. The summed E-state index contributed by atoms with van der Waals surface area (Å²) in [6.07, 6.45) is 4.68. The van der Waals surface area contributed by atoms with Crippen LogP contribution in [0.1, 0.15) is 60.0 Å². The van der Waals surface area contributed by atoms with Crippen molar-refractivity contribution in [3.8, 4) is 11.3 Å². The maximum atomic E-state index is 13.8. The highest BCUT2D eigenvalue weighted by atomic mass is 16.2. The maximum Gasteiger partial charge on any atom is 0.254 e. The molecule has 0 saturated carbocycles. The summed E-state index contributed by atoms with van der Waals surface area (Å²) in [5, 5.41) is 9.36. The molecule has 0 bridgehead atoms. The smallest absolute Gasteiger partial charge is 0.254 e. The standard InChI is InChI=1S/C29H33N5O/c1-19(2)34-18-30-32-28(34)16-22-11-13-33(14-12-22)29(35)25-17-27(23-10-9-20(3)21(4)15-23)31-26-8-6-5-7-24(25)26/h5-10,15,17-19,22H,11-14,16H2,1-4H3. The summed E-state index contributed by atoms with van der Waals surface area (Å²) in [4.78, 5) is 20.7. The van der Waals surface area contributed by atoms with Crippen molar-refractivity contribution in [2.24, 2.45) is 5.92 Å². The number of pyridine rings is 1. The van der Waals surface area contributed by atoms with E-state index in [-0.39, 0.29) is 5.91 Å². The fraction of sp³-hybridized carbons (Fsp3) is 0.379. The molecule has 2 aromatic carbocycles. The third kappa shape index (κ3) is 4.70. The molecule has 0 radical (unpaired) electrons. The molecule has 0 N–H and O–H groups in total. The molecule has 1 amide bonds. The molecule has 6 heteroatoms. The topological polar surface area (TPSA) is 63.9 Å². The summed E-state index contributed by atoms with van der Waals surface area (Å²) in [6.45, 7) is 10.0. The SMILES string of the molecule is Cc1ccc(-c2cc(C(=O)N3CCC(Cc4nncn4C(C)C)CC3)c3ccccc3n2)cc1C. The summed E-state index contributed by atoms with van der Waals surface area (Å²) in [5.41, 5.74) is 5.95. The molecule has 6 nitrogen and oxygen atoms in total. The van der Waals surface area contributed by atoms with E-state index in [1.165, 1.54) is 11.1 Å². The Morgan fingerprint density at radius 1 is 1.03 bits per heavy atom. The van der Waals surface area contributed by atoms with Gasteiger partial charge in [0.05, 0.1) is 16.8 Å². The number of hydrogen-bond donors (Lipinski definition) is 0. The average Bonchev–Trinajstić information content (AvgIpc) is 3.33. The van der Waals surface area contributed by atoms with Gasteiger partial charge in [-0.15, -0.1) is 10.2 Å². The van der Waals surface area contributed by atoms with Crippen LogP contribution in [0.3, 0.4) is 0 Å². The quantitative estimate of drug-likeness (QED) is 0.373. The van der Waals surface area contributed by atoms with Crippen LogP contribution in [-0.4, -0.2) is 43.6 Å². The minimum absolute atomic E-state index is 0.0949. The molecule has 0 aliphatic carbocycles. The number of nitrogens with zero attached hydrogens (tertiary/aromatic N) is 5. The van der Waals surface area contributed by atoms with Crippen molar-refractivity contribution >= 4 is 16.8 Å². The van der Waals surface area contributed by atoms with Gasteiger partial charge in [0.15, 0.2) is 0 Å². The first-order valence-electron chi connectivity index (χ1n) is 12.6. The van der Waals surface area contributed by atoms with Crippen LogP contribution in [0.2, 0.25) is 0 Å². The first kappa shape index (κ1) is 23.2. The van der Waals surface area contributed by atoms with Crippen molar-refractivity contribution in [1.29, 1.82) is 0 Å². The van der Waals surface area contributed by atoms with Crippen molar-refractivity contribution in [3.63, 3.8) is 0 Å². The number of aromatic nitrogens is 4. The number of piperidine rings is 1. The highest BCUT2D eigenvalue weighted by molar-refractivity contribution is 6.07. The number of para-hydroxylation sites is 1. The van der Waals surface area contributed by atoms with Gasteiger partial charge in [-0.1, -0.05) is 30.3 Å². The largest absolute Gasteiger partial charge is 0.339 e. The Balaban J connectivity index is 1.38. The third-order valence-electron chi connectivity index (χ3n) is 7.33. The summed E-state index contributed by atoms with van der Waals surface area (Å²) < 4.78 is 2.15. The van der Waals surface area contributed by atoms with Crippen LogP contribution in [0.15, 0.2) is 54.9 Å². The Kier molecular flexibility index (Phi) is 6.37. The average molecular weight is 468 g/mol. The van der Waals surface area contributed by atoms with E-state index in [4.69, 9.17) is 4.98 Å². The van der Waals surface area contributed by atoms with Gasteiger partial charge in [0.1, 0.15) is 12.2 Å². The van der Waals surface area contributed by atoms with Crippen molar-refractivity contribution < 1.29 is 4.79 Å². The van der Waals surface area contributed by atoms with Crippen LogP contribution in [0.25, 0.3) is 22.2 Å². The van der Waals surface area contributed by atoms with E-state index in [1.807, 2.05) is 41.6 Å². The van der Waals surface area contributed by atoms with Gasteiger partial charge in [0.2, 0.25) is 0 Å². The lowest BCUT2D eigenvalue weighted by molar-refractivity contribution is 0.0691. The number of hydrogen-bond acceptors (Lipinski definition) is 4. The van der Waals surface area contributed by atoms with Gasteiger partial charge in [-0.2, -0.15) is 0 Å². The first-order valence-corrected chi connectivity index (χ1v) is 12.6. The van der Waals surface area contributed by atoms with Gasteiger partial charge in [0, 0.05) is 36.5 Å². The number of amides is 1. The van der Waals surface area contributed by atoms with Crippen LogP contribution in [-0.2, 0) is 6.42 Å². The molecule has 3 heterocycles. The number of aryl methyl sites for hydroxylation is 2. The van der Waals surface area contributed by atoms with E-state index in [2.05, 4.69) is 60.7 Å². The Labute approximate surface area is 207 Å². The monoisotopic (exact) mass is 467 g/mol. The lowest BCUT2D eigenvalue weighted by Crippen LogP contribution is -2.39. The summed E-state index contributed by atoms with van der Waals surface area (Å²) >= 11 is 0. The second kappa shape index (κ2) is 9.61. The summed E-state index contributed by atoms with van der Waals surface area (Å²) in [5.74, 6) is 1.65. The fourth-order valence-electron chi connectivity index (χ4n) is 5.01. The molecule has 0 atom stereocenters. The molecule has 2 aromatic heterocycles. The lowest BCUT2D eigenvalue weighted by Gasteiger charge is -2.32. The second-order valence-corrected chi connectivity index (χ2v) is 10.1. The van der Waals surface area contributed by atoms with Crippen LogP contribution in [0, 0.1) is 19.8 Å². The molecule has 1 saturated heterocycles. The number of fused-ring (bicyclic) bond motifs is 1. The van der Waals surface area contributed by atoms with Crippen molar-refractivity contribution in [3.05, 3.63) is 77.4 Å². The number of likely N-dealkylation sites (tertiary alicyclic amines) is 1. The van der Waals surface area contributed by atoms with Crippen LogP contribution < -0.4 is 0 Å². The zero-order chi connectivity index (χ0) is 24.5. The molecule has 1 fully saturated rings.